The van der Waals surface area contributed by atoms with Crippen molar-refractivity contribution in [3.63, 3.8) is 0 Å². The molecule has 1 atom stereocenters. The number of rotatable bonds is 4. The van der Waals surface area contributed by atoms with Crippen molar-refractivity contribution in [3.05, 3.63) is 44.6 Å². The van der Waals surface area contributed by atoms with Gasteiger partial charge in [-0.3, -0.25) is 0 Å². The zero-order chi connectivity index (χ0) is 14.8. The van der Waals surface area contributed by atoms with Crippen LogP contribution in [0.5, 0.6) is 5.75 Å². The monoisotopic (exact) mass is 365 g/mol. The molecule has 0 aliphatic heterocycles. The Kier molecular flexibility index (Phi) is 4.55. The van der Waals surface area contributed by atoms with Crippen molar-refractivity contribution in [2.45, 2.75) is 45.3 Å². The first kappa shape index (κ1) is 14.9. The number of benzene rings is 1. The Bertz CT molecular complexity index is 623. The van der Waals surface area contributed by atoms with Gasteiger partial charge in [-0.2, -0.15) is 0 Å². The predicted octanol–water partition coefficient (Wildman–Crippen LogP) is 5.79. The zero-order valence-electron chi connectivity index (χ0n) is 12.4. The molecule has 0 radical (unpaired) electrons. The van der Waals surface area contributed by atoms with E-state index >= 15 is 0 Å². The van der Waals surface area contributed by atoms with Crippen molar-refractivity contribution < 1.29 is 4.74 Å². The minimum atomic E-state index is 0.185. The Morgan fingerprint density at radius 2 is 2.14 bits per heavy atom. The van der Waals surface area contributed by atoms with E-state index in [1.807, 2.05) is 23.5 Å². The number of nitrogens with one attached hydrogen (secondary N) is 1. The largest absolute Gasteiger partial charge is 0.489 e. The van der Waals surface area contributed by atoms with Crippen LogP contribution in [0.2, 0.25) is 0 Å². The van der Waals surface area contributed by atoms with E-state index in [9.17, 15) is 0 Å². The van der Waals surface area contributed by atoms with Crippen LogP contribution in [0.25, 0.3) is 0 Å². The maximum atomic E-state index is 5.91. The van der Waals surface area contributed by atoms with E-state index in [2.05, 4.69) is 53.3 Å². The molecule has 0 bridgehead atoms. The third kappa shape index (κ3) is 3.43. The topological polar surface area (TPSA) is 21.3 Å². The lowest BCUT2D eigenvalue weighted by Crippen LogP contribution is -2.17. The predicted molar refractivity (Wildman–Crippen MR) is 93.5 cm³/mol. The van der Waals surface area contributed by atoms with Crippen LogP contribution in [0.15, 0.2) is 34.1 Å². The van der Waals surface area contributed by atoms with Gasteiger partial charge in [-0.25, -0.2) is 0 Å². The second-order valence-electron chi connectivity index (χ2n) is 5.68. The molecular weight excluding hydrogens is 346 g/mol. The van der Waals surface area contributed by atoms with Gasteiger partial charge in [-0.05, 0) is 72.8 Å². The van der Waals surface area contributed by atoms with E-state index in [0.29, 0.717) is 6.04 Å². The van der Waals surface area contributed by atoms with Crippen molar-refractivity contribution in [1.29, 1.82) is 0 Å². The Hall–Kier alpha value is -1.00. The van der Waals surface area contributed by atoms with Crippen molar-refractivity contribution in [3.8, 4) is 5.75 Å². The van der Waals surface area contributed by atoms with Crippen LogP contribution < -0.4 is 10.1 Å². The van der Waals surface area contributed by atoms with E-state index in [-0.39, 0.29) is 6.10 Å². The van der Waals surface area contributed by atoms with Crippen molar-refractivity contribution >= 4 is 33.0 Å². The highest BCUT2D eigenvalue weighted by Gasteiger charge is 2.23. The third-order valence-corrected chi connectivity index (χ3v) is 5.38. The number of fused-ring (bicyclic) bond motifs is 1. The highest BCUT2D eigenvalue weighted by Crippen LogP contribution is 2.40. The number of hydrogen-bond acceptors (Lipinski definition) is 3. The lowest BCUT2D eigenvalue weighted by atomic mass is 9.94. The van der Waals surface area contributed by atoms with Crippen molar-refractivity contribution in [1.82, 2.24) is 0 Å². The maximum absolute atomic E-state index is 5.91. The van der Waals surface area contributed by atoms with Crippen LogP contribution in [0, 0.1) is 0 Å². The maximum Gasteiger partial charge on any atom is 0.142 e. The highest BCUT2D eigenvalue weighted by atomic mass is 79.9. The molecule has 0 saturated heterocycles. The van der Waals surface area contributed by atoms with E-state index < -0.39 is 0 Å². The van der Waals surface area contributed by atoms with Gasteiger partial charge in [0.25, 0.3) is 0 Å². The van der Waals surface area contributed by atoms with E-state index in [4.69, 9.17) is 4.74 Å². The summed E-state index contributed by atoms with van der Waals surface area (Å²) in [5.74, 6) is 0.939. The SMILES string of the molecule is CC(C)Oc1ccccc1NC1CCCc2sc(Br)cc21. The average Bonchev–Trinajstić information content (AvgIpc) is 2.82. The van der Waals surface area contributed by atoms with Crippen LogP contribution in [-0.4, -0.2) is 6.10 Å². The van der Waals surface area contributed by atoms with E-state index in [0.717, 1.165) is 11.4 Å². The molecule has 0 fully saturated rings. The quantitative estimate of drug-likeness (QED) is 0.740. The summed E-state index contributed by atoms with van der Waals surface area (Å²) >= 11 is 5.48. The van der Waals surface area contributed by atoms with E-state index in [1.54, 1.807) is 0 Å². The lowest BCUT2D eigenvalue weighted by Gasteiger charge is -2.26. The number of para-hydroxylation sites is 2. The third-order valence-electron chi connectivity index (χ3n) is 3.66. The molecule has 0 spiro atoms. The van der Waals surface area contributed by atoms with Gasteiger partial charge in [-0.1, -0.05) is 12.1 Å². The smallest absolute Gasteiger partial charge is 0.142 e. The van der Waals surface area contributed by atoms with Crippen LogP contribution in [-0.2, 0) is 6.42 Å². The normalized spacial score (nSPS) is 17.6. The molecule has 1 unspecified atom stereocenters. The number of hydrogen-bond donors (Lipinski definition) is 1. The highest BCUT2D eigenvalue weighted by molar-refractivity contribution is 9.11. The molecule has 2 nitrogen and oxygen atoms in total. The Labute approximate surface area is 138 Å². The summed E-state index contributed by atoms with van der Waals surface area (Å²) in [5.41, 5.74) is 2.53. The molecule has 21 heavy (non-hydrogen) atoms. The molecule has 1 heterocycles. The molecule has 0 amide bonds. The summed E-state index contributed by atoms with van der Waals surface area (Å²) in [7, 11) is 0. The molecule has 1 aliphatic carbocycles. The zero-order valence-corrected chi connectivity index (χ0v) is 14.8. The molecule has 0 saturated carbocycles. The second kappa shape index (κ2) is 6.41. The summed E-state index contributed by atoms with van der Waals surface area (Å²) < 4.78 is 7.14. The minimum absolute atomic E-state index is 0.185. The molecule has 3 rings (SSSR count). The second-order valence-corrected chi connectivity index (χ2v) is 8.20. The average molecular weight is 366 g/mol. The van der Waals surface area contributed by atoms with Gasteiger partial charge in [0.2, 0.25) is 0 Å². The van der Waals surface area contributed by atoms with Crippen LogP contribution in [0.4, 0.5) is 5.69 Å². The number of halogens is 1. The summed E-state index contributed by atoms with van der Waals surface area (Å²) in [4.78, 5) is 1.51. The fourth-order valence-corrected chi connectivity index (χ4v) is 4.62. The van der Waals surface area contributed by atoms with Crippen molar-refractivity contribution in [2.75, 3.05) is 5.32 Å². The van der Waals surface area contributed by atoms with Gasteiger partial charge >= 0.3 is 0 Å². The molecule has 1 aromatic carbocycles. The molecule has 112 valence electrons. The molecular formula is C17H20BrNOS. The number of aryl methyl sites for hydroxylation is 1. The summed E-state index contributed by atoms with van der Waals surface area (Å²) in [6, 6.07) is 10.9. The van der Waals surface area contributed by atoms with Crippen LogP contribution in [0.1, 0.15) is 43.2 Å². The fraction of sp³-hybridized carbons (Fsp3) is 0.412. The number of anilines is 1. The molecule has 2 aromatic rings. The lowest BCUT2D eigenvalue weighted by molar-refractivity contribution is 0.243. The number of ether oxygens (including phenoxy) is 1. The van der Waals surface area contributed by atoms with Crippen LogP contribution in [0.3, 0.4) is 0 Å². The first-order valence-corrected chi connectivity index (χ1v) is 9.05. The van der Waals surface area contributed by atoms with Gasteiger partial charge < -0.3 is 10.1 Å². The van der Waals surface area contributed by atoms with Gasteiger partial charge in [0.15, 0.2) is 0 Å². The summed E-state index contributed by atoms with van der Waals surface area (Å²) in [6.07, 6.45) is 3.80. The van der Waals surface area contributed by atoms with Crippen molar-refractivity contribution in [2.24, 2.45) is 0 Å². The molecule has 1 aliphatic rings. The first-order chi connectivity index (χ1) is 10.1. The summed E-state index contributed by atoms with van der Waals surface area (Å²) in [5, 5.41) is 3.69. The molecule has 4 heteroatoms. The molecule has 1 N–H and O–H groups in total. The fourth-order valence-electron chi connectivity index (χ4n) is 2.80. The Morgan fingerprint density at radius 1 is 1.33 bits per heavy atom. The molecule has 1 aromatic heterocycles. The van der Waals surface area contributed by atoms with Gasteiger partial charge in [0.1, 0.15) is 5.75 Å². The van der Waals surface area contributed by atoms with E-state index in [1.165, 1.54) is 33.5 Å². The van der Waals surface area contributed by atoms with Gasteiger partial charge in [0.05, 0.1) is 21.6 Å². The number of thiophene rings is 1. The standard InChI is InChI=1S/C17H20BrNOS/c1-11(2)20-15-8-4-3-6-14(15)19-13-7-5-9-16-12(13)10-17(18)21-16/h3-4,6,8,10-11,13,19H,5,7,9H2,1-2H3. The Morgan fingerprint density at radius 3 is 2.95 bits per heavy atom. The van der Waals surface area contributed by atoms with Gasteiger partial charge in [0, 0.05) is 4.88 Å². The summed E-state index contributed by atoms with van der Waals surface area (Å²) in [6.45, 7) is 4.12. The Balaban J connectivity index is 1.84. The van der Waals surface area contributed by atoms with Gasteiger partial charge in [-0.15, -0.1) is 11.3 Å². The van der Waals surface area contributed by atoms with Crippen LogP contribution >= 0.6 is 27.3 Å². The first-order valence-electron chi connectivity index (χ1n) is 7.44. The minimum Gasteiger partial charge on any atom is -0.489 e.